The van der Waals surface area contributed by atoms with E-state index in [0.29, 0.717) is 38.6 Å². The van der Waals surface area contributed by atoms with Gasteiger partial charge in [-0.25, -0.2) is 4.90 Å². The van der Waals surface area contributed by atoms with Crippen LogP contribution in [-0.2, 0) is 14.3 Å². The molecule has 2 fully saturated rings. The normalized spacial score (nSPS) is 22.2. The standard InChI is InChI=1S/C18H24N2O4/c1-2-3-10-24-15-6-4-14(5-7-15)20-17(21)13-16(18(20)22)19-8-11-23-12-9-19/h4-7,16H,2-3,8-13H2,1H3/t16-/m1/s1. The monoisotopic (exact) mass is 332 g/mol. The van der Waals surface area contributed by atoms with Crippen molar-refractivity contribution in [3.05, 3.63) is 24.3 Å². The highest BCUT2D eigenvalue weighted by Crippen LogP contribution is 2.27. The van der Waals surface area contributed by atoms with Gasteiger partial charge in [0.15, 0.2) is 0 Å². The molecule has 0 N–H and O–H groups in total. The molecule has 0 aromatic heterocycles. The number of ether oxygens (including phenoxy) is 2. The van der Waals surface area contributed by atoms with Crippen molar-refractivity contribution in [3.8, 4) is 5.75 Å². The van der Waals surface area contributed by atoms with Crippen LogP contribution in [0.1, 0.15) is 26.2 Å². The third-order valence-electron chi connectivity index (χ3n) is 4.47. The van der Waals surface area contributed by atoms with E-state index in [9.17, 15) is 9.59 Å². The van der Waals surface area contributed by atoms with E-state index in [4.69, 9.17) is 9.47 Å². The van der Waals surface area contributed by atoms with E-state index in [2.05, 4.69) is 6.92 Å². The van der Waals surface area contributed by atoms with Crippen LogP contribution in [0.4, 0.5) is 5.69 Å². The number of carbonyl (C=O) groups is 2. The molecule has 0 aliphatic carbocycles. The van der Waals surface area contributed by atoms with Gasteiger partial charge in [0, 0.05) is 13.1 Å². The van der Waals surface area contributed by atoms with Crippen LogP contribution in [0.25, 0.3) is 0 Å². The van der Waals surface area contributed by atoms with Crippen LogP contribution in [0.5, 0.6) is 5.75 Å². The Morgan fingerprint density at radius 2 is 1.88 bits per heavy atom. The molecule has 2 amide bonds. The molecule has 0 unspecified atom stereocenters. The topological polar surface area (TPSA) is 59.1 Å². The minimum Gasteiger partial charge on any atom is -0.494 e. The lowest BCUT2D eigenvalue weighted by molar-refractivity contribution is -0.123. The molecule has 0 spiro atoms. The van der Waals surface area contributed by atoms with E-state index in [1.165, 1.54) is 4.90 Å². The van der Waals surface area contributed by atoms with E-state index in [1.807, 2.05) is 17.0 Å². The Labute approximate surface area is 142 Å². The molecule has 24 heavy (non-hydrogen) atoms. The fourth-order valence-electron chi connectivity index (χ4n) is 3.09. The number of hydrogen-bond acceptors (Lipinski definition) is 5. The molecule has 0 bridgehead atoms. The number of rotatable bonds is 6. The molecule has 0 radical (unpaired) electrons. The molecule has 130 valence electrons. The summed E-state index contributed by atoms with van der Waals surface area (Å²) in [6.07, 6.45) is 2.33. The van der Waals surface area contributed by atoms with E-state index in [1.54, 1.807) is 12.1 Å². The van der Waals surface area contributed by atoms with Crippen LogP contribution >= 0.6 is 0 Å². The van der Waals surface area contributed by atoms with Crippen molar-refractivity contribution in [1.82, 2.24) is 4.90 Å². The van der Waals surface area contributed by atoms with Crippen LogP contribution in [0.15, 0.2) is 24.3 Å². The average molecular weight is 332 g/mol. The third kappa shape index (κ3) is 3.60. The van der Waals surface area contributed by atoms with E-state index < -0.39 is 0 Å². The highest BCUT2D eigenvalue weighted by Gasteiger charge is 2.42. The highest BCUT2D eigenvalue weighted by atomic mass is 16.5. The minimum absolute atomic E-state index is 0.137. The van der Waals surface area contributed by atoms with Crippen LogP contribution < -0.4 is 9.64 Å². The van der Waals surface area contributed by atoms with Crippen LogP contribution in [0, 0.1) is 0 Å². The van der Waals surface area contributed by atoms with Gasteiger partial charge in [-0.3, -0.25) is 14.5 Å². The van der Waals surface area contributed by atoms with Crippen molar-refractivity contribution in [2.24, 2.45) is 0 Å². The second-order valence-corrected chi connectivity index (χ2v) is 6.13. The summed E-state index contributed by atoms with van der Waals surface area (Å²) in [7, 11) is 0. The first-order valence-electron chi connectivity index (χ1n) is 8.62. The average Bonchev–Trinajstić information content (AvgIpc) is 2.91. The molecule has 2 saturated heterocycles. The maximum Gasteiger partial charge on any atom is 0.251 e. The van der Waals surface area contributed by atoms with Crippen molar-refractivity contribution in [1.29, 1.82) is 0 Å². The molecule has 1 aromatic rings. The summed E-state index contributed by atoms with van der Waals surface area (Å²) < 4.78 is 10.9. The summed E-state index contributed by atoms with van der Waals surface area (Å²) in [5.74, 6) is 0.480. The van der Waals surface area contributed by atoms with Crippen LogP contribution in [0.3, 0.4) is 0 Å². The number of morpholine rings is 1. The van der Waals surface area contributed by atoms with Gasteiger partial charge in [0.1, 0.15) is 5.75 Å². The van der Waals surface area contributed by atoms with E-state index in [0.717, 1.165) is 18.6 Å². The summed E-state index contributed by atoms with van der Waals surface area (Å²) >= 11 is 0. The zero-order valence-corrected chi connectivity index (χ0v) is 14.1. The molecule has 2 aliphatic rings. The number of amides is 2. The lowest BCUT2D eigenvalue weighted by atomic mass is 10.2. The Balaban J connectivity index is 1.67. The lowest BCUT2D eigenvalue weighted by Crippen LogP contribution is -2.47. The second kappa shape index (κ2) is 7.77. The van der Waals surface area contributed by atoms with Crippen molar-refractivity contribution in [2.45, 2.75) is 32.2 Å². The Morgan fingerprint density at radius 1 is 1.17 bits per heavy atom. The molecule has 2 aliphatic heterocycles. The molecule has 0 saturated carbocycles. The van der Waals surface area contributed by atoms with Gasteiger partial charge in [-0.05, 0) is 30.7 Å². The van der Waals surface area contributed by atoms with E-state index >= 15 is 0 Å². The Hall–Kier alpha value is -1.92. The minimum atomic E-state index is -0.359. The van der Waals surface area contributed by atoms with Gasteiger partial charge < -0.3 is 9.47 Å². The molecule has 2 heterocycles. The van der Waals surface area contributed by atoms with Crippen LogP contribution in [0.2, 0.25) is 0 Å². The van der Waals surface area contributed by atoms with Gasteiger partial charge in [-0.2, -0.15) is 0 Å². The maximum atomic E-state index is 12.7. The summed E-state index contributed by atoms with van der Waals surface area (Å²) in [6.45, 7) is 5.41. The molecular weight excluding hydrogens is 308 g/mol. The number of benzene rings is 1. The van der Waals surface area contributed by atoms with Gasteiger partial charge in [-0.15, -0.1) is 0 Å². The highest BCUT2D eigenvalue weighted by molar-refractivity contribution is 6.22. The maximum absolute atomic E-state index is 12.7. The van der Waals surface area contributed by atoms with Gasteiger partial charge in [-0.1, -0.05) is 13.3 Å². The first-order valence-corrected chi connectivity index (χ1v) is 8.62. The number of nitrogens with zero attached hydrogens (tertiary/aromatic N) is 2. The van der Waals surface area contributed by atoms with Crippen molar-refractivity contribution in [2.75, 3.05) is 37.8 Å². The zero-order valence-electron chi connectivity index (χ0n) is 14.1. The number of anilines is 1. The van der Waals surface area contributed by atoms with Crippen LogP contribution in [-0.4, -0.2) is 55.7 Å². The first kappa shape index (κ1) is 16.9. The fraction of sp³-hybridized carbons (Fsp3) is 0.556. The Morgan fingerprint density at radius 3 is 2.54 bits per heavy atom. The number of carbonyl (C=O) groups excluding carboxylic acids is 2. The SMILES string of the molecule is CCCCOc1ccc(N2C(=O)C[C@@H](N3CCOCC3)C2=O)cc1. The smallest absolute Gasteiger partial charge is 0.251 e. The van der Waals surface area contributed by atoms with E-state index in [-0.39, 0.29) is 24.3 Å². The van der Waals surface area contributed by atoms with Crippen molar-refractivity contribution >= 4 is 17.5 Å². The molecule has 1 atom stereocenters. The molecular formula is C18H24N2O4. The predicted molar refractivity (Wildman–Crippen MR) is 90.1 cm³/mol. The second-order valence-electron chi connectivity index (χ2n) is 6.13. The number of hydrogen-bond donors (Lipinski definition) is 0. The number of imide groups is 1. The Kier molecular flexibility index (Phi) is 5.48. The largest absolute Gasteiger partial charge is 0.494 e. The molecule has 1 aromatic carbocycles. The molecule has 6 heteroatoms. The number of unbranched alkanes of at least 4 members (excludes halogenated alkanes) is 1. The van der Waals surface area contributed by atoms with Gasteiger partial charge in [0.2, 0.25) is 5.91 Å². The lowest BCUT2D eigenvalue weighted by Gasteiger charge is -2.30. The molecule has 3 rings (SSSR count). The summed E-state index contributed by atoms with van der Waals surface area (Å²) in [6, 6.07) is 6.82. The summed E-state index contributed by atoms with van der Waals surface area (Å²) in [4.78, 5) is 28.4. The third-order valence-corrected chi connectivity index (χ3v) is 4.47. The predicted octanol–water partition coefficient (Wildman–Crippen LogP) is 1.83. The fourth-order valence-corrected chi connectivity index (χ4v) is 3.09. The molecule has 6 nitrogen and oxygen atoms in total. The quantitative estimate of drug-likeness (QED) is 0.587. The van der Waals surface area contributed by atoms with Gasteiger partial charge in [0.25, 0.3) is 5.91 Å². The zero-order chi connectivity index (χ0) is 16.9. The summed E-state index contributed by atoms with van der Waals surface area (Å²) in [5.41, 5.74) is 0.614. The van der Waals surface area contributed by atoms with Gasteiger partial charge in [0.05, 0.1) is 38.0 Å². The Bertz CT molecular complexity index is 581. The van der Waals surface area contributed by atoms with Crippen molar-refractivity contribution in [3.63, 3.8) is 0 Å². The van der Waals surface area contributed by atoms with Crippen molar-refractivity contribution < 1.29 is 19.1 Å². The first-order chi connectivity index (χ1) is 11.7. The van der Waals surface area contributed by atoms with Gasteiger partial charge >= 0.3 is 0 Å². The summed E-state index contributed by atoms with van der Waals surface area (Å²) in [5, 5.41) is 0.